The Morgan fingerprint density at radius 1 is 1.57 bits per heavy atom. The van der Waals surface area contributed by atoms with Crippen LogP contribution in [0.4, 0.5) is 5.82 Å². The second-order valence-corrected chi connectivity index (χ2v) is 3.36. The molecule has 0 aliphatic rings. The number of H-pyrrole nitrogens is 2. The highest BCUT2D eigenvalue weighted by atomic mass is 15.0. The second kappa shape index (κ2) is 3.22. The Labute approximate surface area is 80.8 Å². The van der Waals surface area contributed by atoms with Gasteiger partial charge in [-0.3, -0.25) is 4.98 Å². The lowest BCUT2D eigenvalue weighted by Gasteiger charge is -2.00. The lowest BCUT2D eigenvalue weighted by atomic mass is 10.2. The average Bonchev–Trinajstić information content (AvgIpc) is 2.50. The Hall–Kier alpha value is -1.69. The first-order chi connectivity index (χ1) is 6.66. The quantitative estimate of drug-likeness (QED) is 0.582. The van der Waals surface area contributed by atoms with Crippen molar-refractivity contribution >= 4 is 17.0 Å². The van der Waals surface area contributed by atoms with Crippen LogP contribution < -0.4 is 16.5 Å². The predicted octanol–water partition coefficient (Wildman–Crippen LogP) is -0.756. The van der Waals surface area contributed by atoms with Crippen LogP contribution in [0.25, 0.3) is 11.2 Å². The summed E-state index contributed by atoms with van der Waals surface area (Å²) in [6.07, 6.45) is 2.30. The summed E-state index contributed by atoms with van der Waals surface area (Å²) in [5, 5.41) is 0. The van der Waals surface area contributed by atoms with Gasteiger partial charge in [-0.05, 0) is 6.92 Å². The minimum Gasteiger partial charge on any atom is -0.380 e. The van der Waals surface area contributed by atoms with Gasteiger partial charge in [0.2, 0.25) is 11.3 Å². The number of imidazole rings is 1. The SMILES string of the molecule is CC(N)Cc1nc(N)c2[nH]c[nH+]c2n1. The van der Waals surface area contributed by atoms with Gasteiger partial charge in [0, 0.05) is 12.5 Å². The van der Waals surface area contributed by atoms with Gasteiger partial charge >= 0.3 is 5.65 Å². The molecule has 0 aliphatic carbocycles. The van der Waals surface area contributed by atoms with Crippen LogP contribution in [-0.4, -0.2) is 21.0 Å². The zero-order valence-electron chi connectivity index (χ0n) is 7.91. The molecule has 0 aromatic carbocycles. The minimum atomic E-state index is 0.0331. The van der Waals surface area contributed by atoms with Crippen molar-refractivity contribution in [2.45, 2.75) is 19.4 Å². The van der Waals surface area contributed by atoms with Crippen LogP contribution in [0.3, 0.4) is 0 Å². The summed E-state index contributed by atoms with van der Waals surface area (Å²) in [4.78, 5) is 14.3. The molecule has 6 heteroatoms. The Morgan fingerprint density at radius 3 is 3.07 bits per heavy atom. The van der Waals surface area contributed by atoms with Crippen LogP contribution in [0, 0.1) is 0 Å². The molecule has 0 radical (unpaired) electrons. The van der Waals surface area contributed by atoms with Crippen LogP contribution in [0.2, 0.25) is 0 Å². The molecule has 0 bridgehead atoms. The Bertz CT molecular complexity index is 446. The van der Waals surface area contributed by atoms with E-state index in [1.54, 1.807) is 6.33 Å². The molecule has 1 atom stereocenters. The zero-order chi connectivity index (χ0) is 10.1. The van der Waals surface area contributed by atoms with Gasteiger partial charge in [0.1, 0.15) is 0 Å². The Kier molecular flexibility index (Phi) is 2.05. The van der Waals surface area contributed by atoms with Gasteiger partial charge in [0.15, 0.2) is 12.1 Å². The van der Waals surface area contributed by atoms with Gasteiger partial charge in [0.05, 0.1) is 0 Å². The van der Waals surface area contributed by atoms with Crippen molar-refractivity contribution < 1.29 is 4.98 Å². The highest BCUT2D eigenvalue weighted by molar-refractivity contribution is 5.78. The molecule has 2 aromatic rings. The van der Waals surface area contributed by atoms with Crippen molar-refractivity contribution in [1.82, 2.24) is 15.0 Å². The molecule has 0 saturated heterocycles. The second-order valence-electron chi connectivity index (χ2n) is 3.36. The summed E-state index contributed by atoms with van der Waals surface area (Å²) in [7, 11) is 0. The third-order valence-corrected chi connectivity index (χ3v) is 1.91. The number of nitrogens with one attached hydrogen (secondary N) is 2. The van der Waals surface area contributed by atoms with Crippen LogP contribution in [0.15, 0.2) is 6.33 Å². The number of anilines is 1. The number of hydrogen-bond acceptors (Lipinski definition) is 4. The standard InChI is InChI=1S/C8H12N6/c1-4(9)2-5-13-7(10)6-8(14-5)12-3-11-6/h3-4H,2,9H2,1H3,(H3,10,11,12,13,14)/p+1. The molecule has 6 nitrogen and oxygen atoms in total. The molecule has 6 N–H and O–H groups in total. The van der Waals surface area contributed by atoms with Crippen LogP contribution >= 0.6 is 0 Å². The number of aromatic amines is 2. The highest BCUT2D eigenvalue weighted by Crippen LogP contribution is 2.10. The first-order valence-electron chi connectivity index (χ1n) is 4.43. The maximum atomic E-state index is 5.73. The van der Waals surface area contributed by atoms with Crippen molar-refractivity contribution in [3.8, 4) is 0 Å². The van der Waals surface area contributed by atoms with E-state index in [-0.39, 0.29) is 6.04 Å². The van der Waals surface area contributed by atoms with E-state index < -0.39 is 0 Å². The van der Waals surface area contributed by atoms with E-state index in [0.717, 1.165) is 5.52 Å². The third-order valence-electron chi connectivity index (χ3n) is 1.91. The fraction of sp³-hybridized carbons (Fsp3) is 0.375. The van der Waals surface area contributed by atoms with Crippen molar-refractivity contribution in [2.75, 3.05) is 5.73 Å². The summed E-state index contributed by atoms with van der Waals surface area (Å²) in [6.45, 7) is 1.91. The van der Waals surface area contributed by atoms with E-state index in [9.17, 15) is 0 Å². The molecule has 74 valence electrons. The van der Waals surface area contributed by atoms with Crippen molar-refractivity contribution in [3.63, 3.8) is 0 Å². The van der Waals surface area contributed by atoms with Gasteiger partial charge in [-0.2, -0.15) is 4.98 Å². The maximum absolute atomic E-state index is 5.73. The monoisotopic (exact) mass is 193 g/mol. The maximum Gasteiger partial charge on any atom is 0.305 e. The Balaban J connectivity index is 2.47. The molecule has 0 amide bonds. The molecule has 2 rings (SSSR count). The van der Waals surface area contributed by atoms with E-state index in [4.69, 9.17) is 11.5 Å². The topological polar surface area (TPSA) is 108 Å². The first kappa shape index (κ1) is 8.89. The average molecular weight is 193 g/mol. The predicted molar refractivity (Wildman–Crippen MR) is 52.2 cm³/mol. The minimum absolute atomic E-state index is 0.0331. The summed E-state index contributed by atoms with van der Waals surface area (Å²) >= 11 is 0. The number of nitrogen functional groups attached to an aromatic ring is 1. The first-order valence-corrected chi connectivity index (χ1v) is 4.43. The molecule has 2 heterocycles. The fourth-order valence-electron chi connectivity index (χ4n) is 1.33. The molecule has 14 heavy (non-hydrogen) atoms. The van der Waals surface area contributed by atoms with E-state index in [0.29, 0.717) is 23.7 Å². The molecule has 0 saturated carbocycles. The highest BCUT2D eigenvalue weighted by Gasteiger charge is 2.13. The van der Waals surface area contributed by atoms with Crippen LogP contribution in [-0.2, 0) is 6.42 Å². The lowest BCUT2D eigenvalue weighted by molar-refractivity contribution is -0.347. The fourth-order valence-corrected chi connectivity index (χ4v) is 1.33. The van der Waals surface area contributed by atoms with Gasteiger partial charge in [-0.25, -0.2) is 4.98 Å². The van der Waals surface area contributed by atoms with Gasteiger partial charge in [-0.1, -0.05) is 4.98 Å². The zero-order valence-corrected chi connectivity index (χ0v) is 7.91. The summed E-state index contributed by atoms with van der Waals surface area (Å²) in [5.74, 6) is 1.12. The van der Waals surface area contributed by atoms with Gasteiger partial charge in [0.25, 0.3) is 0 Å². The molecule has 1 unspecified atom stereocenters. The molecule has 2 aromatic heterocycles. The summed E-state index contributed by atoms with van der Waals surface area (Å²) in [5.41, 5.74) is 12.8. The number of nitrogens with two attached hydrogens (primary N) is 2. The Morgan fingerprint density at radius 2 is 2.36 bits per heavy atom. The largest absolute Gasteiger partial charge is 0.380 e. The number of aromatic nitrogens is 4. The smallest absolute Gasteiger partial charge is 0.305 e. The lowest BCUT2D eigenvalue weighted by Crippen LogP contribution is -2.20. The van der Waals surface area contributed by atoms with Crippen molar-refractivity contribution in [1.29, 1.82) is 0 Å². The van der Waals surface area contributed by atoms with E-state index in [2.05, 4.69) is 19.9 Å². The van der Waals surface area contributed by atoms with E-state index in [1.807, 2.05) is 6.92 Å². The molecular formula is C8H13N6+. The molecule has 0 fully saturated rings. The van der Waals surface area contributed by atoms with Gasteiger partial charge in [-0.15, -0.1) is 0 Å². The number of nitrogens with zero attached hydrogens (tertiary/aromatic N) is 2. The normalized spacial score (nSPS) is 13.3. The molecular weight excluding hydrogens is 180 g/mol. The summed E-state index contributed by atoms with van der Waals surface area (Å²) in [6, 6.07) is 0.0331. The van der Waals surface area contributed by atoms with Crippen molar-refractivity contribution in [3.05, 3.63) is 12.2 Å². The number of fused-ring (bicyclic) bond motifs is 1. The number of hydrogen-bond donors (Lipinski definition) is 3. The summed E-state index contributed by atoms with van der Waals surface area (Å²) < 4.78 is 0. The van der Waals surface area contributed by atoms with E-state index in [1.165, 1.54) is 0 Å². The van der Waals surface area contributed by atoms with Gasteiger partial charge < -0.3 is 11.5 Å². The molecule has 0 spiro atoms. The molecule has 0 aliphatic heterocycles. The van der Waals surface area contributed by atoms with Crippen LogP contribution in [0.5, 0.6) is 0 Å². The van der Waals surface area contributed by atoms with E-state index >= 15 is 0 Å². The van der Waals surface area contributed by atoms with Crippen LogP contribution in [0.1, 0.15) is 12.7 Å². The number of rotatable bonds is 2. The third kappa shape index (κ3) is 1.51. The van der Waals surface area contributed by atoms with Crippen molar-refractivity contribution in [2.24, 2.45) is 5.73 Å².